The summed E-state index contributed by atoms with van der Waals surface area (Å²) in [5, 5.41) is 9.78. The fourth-order valence-corrected chi connectivity index (χ4v) is 4.30. The number of nitrogens with zero attached hydrogens (tertiary/aromatic N) is 2. The first-order valence-electron chi connectivity index (χ1n) is 9.97. The van der Waals surface area contributed by atoms with Crippen LogP contribution < -0.4 is 4.90 Å². The van der Waals surface area contributed by atoms with Gasteiger partial charge in [-0.2, -0.15) is 13.2 Å². The highest BCUT2D eigenvalue weighted by Crippen LogP contribution is 2.38. The number of carbonyl (C=O) groups excluding carboxylic acids is 1. The first-order valence-corrected chi connectivity index (χ1v) is 11.9. The summed E-state index contributed by atoms with van der Waals surface area (Å²) < 4.78 is 62.3. The Balaban J connectivity index is 1.70. The minimum Gasteiger partial charge on any atom is -0.376 e. The molecule has 1 heterocycles. The van der Waals surface area contributed by atoms with Crippen molar-refractivity contribution in [1.82, 2.24) is 4.90 Å². The van der Waals surface area contributed by atoms with Gasteiger partial charge in [-0.15, -0.1) is 0 Å². The second kappa shape index (κ2) is 8.40. The van der Waals surface area contributed by atoms with Gasteiger partial charge in [-0.25, -0.2) is 8.42 Å². The molecule has 32 heavy (non-hydrogen) atoms. The molecule has 10 heteroatoms. The van der Waals surface area contributed by atoms with Gasteiger partial charge in [0.15, 0.2) is 15.4 Å². The van der Waals surface area contributed by atoms with E-state index in [2.05, 4.69) is 0 Å². The molecular formula is C22H25F3N2O4S. The predicted octanol–water partition coefficient (Wildman–Crippen LogP) is 3.21. The summed E-state index contributed by atoms with van der Waals surface area (Å²) in [7, 11) is -3.28. The lowest BCUT2D eigenvalue weighted by Crippen LogP contribution is -2.54. The second-order valence-corrected chi connectivity index (χ2v) is 10.2. The zero-order chi connectivity index (χ0) is 23.9. The number of sulfone groups is 1. The molecule has 6 nitrogen and oxygen atoms in total. The Labute approximate surface area is 185 Å². The molecule has 3 rings (SSSR count). The average Bonchev–Trinajstić information content (AvgIpc) is 2.72. The monoisotopic (exact) mass is 470 g/mol. The van der Waals surface area contributed by atoms with Crippen molar-refractivity contribution >= 4 is 21.4 Å². The van der Waals surface area contributed by atoms with Crippen molar-refractivity contribution in [2.24, 2.45) is 0 Å². The Morgan fingerprint density at radius 1 is 1.03 bits per heavy atom. The zero-order valence-corrected chi connectivity index (χ0v) is 18.7. The van der Waals surface area contributed by atoms with Crippen molar-refractivity contribution in [2.75, 3.05) is 30.8 Å². The van der Waals surface area contributed by atoms with Gasteiger partial charge in [-0.05, 0) is 55.8 Å². The van der Waals surface area contributed by atoms with Crippen LogP contribution in [0, 0.1) is 0 Å². The third-order valence-corrected chi connectivity index (χ3v) is 6.89. The van der Waals surface area contributed by atoms with Crippen LogP contribution in [0.15, 0.2) is 53.4 Å². The highest BCUT2D eigenvalue weighted by atomic mass is 32.2. The first-order chi connectivity index (χ1) is 14.7. The van der Waals surface area contributed by atoms with E-state index in [1.54, 1.807) is 29.2 Å². The van der Waals surface area contributed by atoms with Crippen molar-refractivity contribution in [1.29, 1.82) is 0 Å². The molecule has 1 N–H and O–H groups in total. The van der Waals surface area contributed by atoms with Crippen LogP contribution in [0.1, 0.15) is 29.8 Å². The lowest BCUT2D eigenvalue weighted by molar-refractivity contribution is -0.258. The van der Waals surface area contributed by atoms with E-state index in [0.29, 0.717) is 26.6 Å². The number of piperazine rings is 1. The number of hydrogen-bond acceptors (Lipinski definition) is 5. The van der Waals surface area contributed by atoms with E-state index in [4.69, 9.17) is 0 Å². The highest BCUT2D eigenvalue weighted by Gasteiger charge is 2.51. The number of anilines is 1. The molecular weight excluding hydrogens is 445 g/mol. The molecule has 0 aliphatic carbocycles. The summed E-state index contributed by atoms with van der Waals surface area (Å²) in [6, 6.07) is 11.2. The fourth-order valence-electron chi connectivity index (χ4n) is 3.66. The Bertz CT molecular complexity index is 1080. The molecule has 0 unspecified atom stereocenters. The van der Waals surface area contributed by atoms with Crippen LogP contribution in [0.5, 0.6) is 0 Å². The molecule has 1 aliphatic heterocycles. The van der Waals surface area contributed by atoms with Crippen molar-refractivity contribution in [3.05, 3.63) is 59.7 Å². The number of rotatable bonds is 4. The number of amides is 1. The molecule has 1 aliphatic rings. The van der Waals surface area contributed by atoms with Crippen molar-refractivity contribution in [3.8, 4) is 0 Å². The van der Waals surface area contributed by atoms with E-state index < -0.39 is 21.6 Å². The smallest absolute Gasteiger partial charge is 0.376 e. The number of alkyl halides is 3. The second-order valence-electron chi connectivity index (χ2n) is 8.21. The van der Waals surface area contributed by atoms with E-state index in [9.17, 15) is 31.5 Å². The van der Waals surface area contributed by atoms with Gasteiger partial charge in [-0.3, -0.25) is 4.79 Å². The lowest BCUT2D eigenvalue weighted by atomic mass is 9.94. The molecule has 0 aromatic heterocycles. The maximum atomic E-state index is 13.0. The van der Waals surface area contributed by atoms with Crippen molar-refractivity contribution in [3.63, 3.8) is 0 Å². The Kier molecular flexibility index (Phi) is 6.32. The van der Waals surface area contributed by atoms with Crippen LogP contribution in [0.3, 0.4) is 0 Å². The standard InChI is InChI=1S/C22H25F3N2O4S/c1-15-14-26(18-8-10-19(11-9-18)32(3,30)31)12-13-27(15)20(28)16-4-6-17(7-5-16)21(2,29)22(23,24)25/h4-11,15,29H,12-14H2,1-3H3/t15-,21+/m1/s1. The highest BCUT2D eigenvalue weighted by molar-refractivity contribution is 7.90. The van der Waals surface area contributed by atoms with Gasteiger partial charge in [-0.1, -0.05) is 12.1 Å². The molecule has 1 fully saturated rings. The van der Waals surface area contributed by atoms with Gasteiger partial charge in [0, 0.05) is 43.2 Å². The summed E-state index contributed by atoms with van der Waals surface area (Å²) >= 11 is 0. The number of benzene rings is 2. The quantitative estimate of drug-likeness (QED) is 0.743. The summed E-state index contributed by atoms with van der Waals surface area (Å²) in [6.45, 7) is 3.99. The Hall–Kier alpha value is -2.59. The third kappa shape index (κ3) is 4.75. The summed E-state index contributed by atoms with van der Waals surface area (Å²) in [4.78, 5) is 16.9. The number of halogens is 3. The van der Waals surface area contributed by atoms with Crippen LogP contribution in [-0.2, 0) is 15.4 Å². The lowest BCUT2D eigenvalue weighted by Gasteiger charge is -2.41. The molecule has 0 saturated carbocycles. The van der Waals surface area contributed by atoms with E-state index in [1.165, 1.54) is 12.1 Å². The maximum Gasteiger partial charge on any atom is 0.421 e. The van der Waals surface area contributed by atoms with E-state index in [0.717, 1.165) is 24.1 Å². The molecule has 0 spiro atoms. The van der Waals surface area contributed by atoms with E-state index in [1.807, 2.05) is 11.8 Å². The fraction of sp³-hybridized carbons (Fsp3) is 0.409. The molecule has 2 atom stereocenters. The van der Waals surface area contributed by atoms with Gasteiger partial charge in [0.2, 0.25) is 0 Å². The van der Waals surface area contributed by atoms with Crippen LogP contribution in [0.25, 0.3) is 0 Å². The van der Waals surface area contributed by atoms with E-state index >= 15 is 0 Å². The normalized spacial score (nSPS) is 19.5. The Morgan fingerprint density at radius 3 is 2.06 bits per heavy atom. The molecule has 2 aromatic rings. The van der Waals surface area contributed by atoms with Crippen LogP contribution in [0.2, 0.25) is 0 Å². The number of carbonyl (C=O) groups is 1. The topological polar surface area (TPSA) is 77.9 Å². The SMILES string of the molecule is C[C@@H]1CN(c2ccc(S(C)(=O)=O)cc2)CCN1C(=O)c1ccc([C@](C)(O)C(F)(F)F)cc1. The van der Waals surface area contributed by atoms with Gasteiger partial charge in [0.1, 0.15) is 0 Å². The van der Waals surface area contributed by atoms with Crippen LogP contribution in [-0.4, -0.2) is 62.4 Å². The van der Waals surface area contributed by atoms with E-state index in [-0.39, 0.29) is 28.0 Å². The maximum absolute atomic E-state index is 13.0. The minimum atomic E-state index is -4.83. The van der Waals surface area contributed by atoms with Gasteiger partial charge in [0.05, 0.1) is 4.90 Å². The van der Waals surface area contributed by atoms with Gasteiger partial charge in [0.25, 0.3) is 5.91 Å². The summed E-state index contributed by atoms with van der Waals surface area (Å²) in [5.41, 5.74) is -2.25. The van der Waals surface area contributed by atoms with Gasteiger partial charge < -0.3 is 14.9 Å². The van der Waals surface area contributed by atoms with Crippen molar-refractivity contribution in [2.45, 2.75) is 36.6 Å². The average molecular weight is 471 g/mol. The molecule has 0 bridgehead atoms. The van der Waals surface area contributed by atoms with Crippen LogP contribution in [0.4, 0.5) is 18.9 Å². The Morgan fingerprint density at radius 2 is 1.59 bits per heavy atom. The largest absolute Gasteiger partial charge is 0.421 e. The summed E-state index contributed by atoms with van der Waals surface area (Å²) in [6.07, 6.45) is -3.69. The number of hydrogen-bond donors (Lipinski definition) is 1. The molecule has 174 valence electrons. The number of aliphatic hydroxyl groups is 1. The molecule has 0 radical (unpaired) electrons. The zero-order valence-electron chi connectivity index (χ0n) is 17.9. The summed E-state index contributed by atoms with van der Waals surface area (Å²) in [5.74, 6) is -0.303. The third-order valence-electron chi connectivity index (χ3n) is 5.76. The first kappa shape index (κ1) is 24.1. The minimum absolute atomic E-state index is 0.177. The molecule has 1 amide bonds. The molecule has 1 saturated heterocycles. The van der Waals surface area contributed by atoms with Crippen LogP contribution >= 0.6 is 0 Å². The van der Waals surface area contributed by atoms with Gasteiger partial charge >= 0.3 is 6.18 Å². The predicted molar refractivity (Wildman–Crippen MR) is 114 cm³/mol. The van der Waals surface area contributed by atoms with Crippen molar-refractivity contribution < 1.29 is 31.5 Å². The molecule has 2 aromatic carbocycles.